The summed E-state index contributed by atoms with van der Waals surface area (Å²) in [6.45, 7) is 3.53. The van der Waals surface area contributed by atoms with Crippen LogP contribution in [0.3, 0.4) is 0 Å². The Bertz CT molecular complexity index is 418. The minimum atomic E-state index is -3.77. The summed E-state index contributed by atoms with van der Waals surface area (Å²) in [7, 11) is -3.77. The van der Waals surface area contributed by atoms with Crippen molar-refractivity contribution in [3.8, 4) is 0 Å². The summed E-state index contributed by atoms with van der Waals surface area (Å²) in [5, 5.41) is 0. The van der Waals surface area contributed by atoms with Gasteiger partial charge in [-0.25, -0.2) is 0 Å². The van der Waals surface area contributed by atoms with Gasteiger partial charge in [0.1, 0.15) is 12.0 Å². The van der Waals surface area contributed by atoms with Crippen LogP contribution < -0.4 is 0 Å². The molecule has 0 saturated carbocycles. The van der Waals surface area contributed by atoms with Gasteiger partial charge in [0.05, 0.1) is 24.7 Å². The van der Waals surface area contributed by atoms with E-state index >= 15 is 0 Å². The number of carbonyl (C=O) groups is 1. The van der Waals surface area contributed by atoms with Gasteiger partial charge < -0.3 is 13.5 Å². The molecule has 7 heteroatoms. The summed E-state index contributed by atoms with van der Waals surface area (Å²) in [4.78, 5) is 12.0. The Morgan fingerprint density at radius 2 is 2.00 bits per heavy atom. The number of hydrogen-bond donors (Lipinski definition) is 0. The van der Waals surface area contributed by atoms with E-state index in [2.05, 4.69) is 0 Å². The lowest BCUT2D eigenvalue weighted by molar-refractivity contribution is 0.100. The highest BCUT2D eigenvalue weighted by molar-refractivity contribution is 7.72. The second-order valence-corrected chi connectivity index (χ2v) is 5.26. The molecule has 1 rings (SSSR count). The Balaban J connectivity index is 2.95. The predicted octanol–water partition coefficient (Wildman–Crippen LogP) is 3.42. The molecule has 0 atom stereocenters. The minimum Gasteiger partial charge on any atom is -0.467 e. The molecule has 0 saturated heterocycles. The van der Waals surface area contributed by atoms with Gasteiger partial charge in [-0.1, -0.05) is 0 Å². The Labute approximate surface area is 105 Å². The van der Waals surface area contributed by atoms with Crippen molar-refractivity contribution in [2.75, 3.05) is 13.2 Å². The van der Waals surface area contributed by atoms with Crippen LogP contribution >= 0.6 is 19.2 Å². The van der Waals surface area contributed by atoms with Gasteiger partial charge in [0, 0.05) is 0 Å². The molecule has 0 radical (unpaired) electrons. The lowest BCUT2D eigenvalue weighted by atomic mass is 10.3. The minimum absolute atomic E-state index is 0.128. The average Bonchev–Trinajstić information content (AvgIpc) is 2.77. The Morgan fingerprint density at radius 3 is 2.41 bits per heavy atom. The third-order valence-corrected chi connectivity index (χ3v) is 4.09. The SMILES string of the molecule is CCOP(=O)(OCC)C(=O)c1coc(CCl)c1. The smallest absolute Gasteiger partial charge is 0.401 e. The summed E-state index contributed by atoms with van der Waals surface area (Å²) in [5.74, 6) is 0.565. The van der Waals surface area contributed by atoms with Gasteiger partial charge in [-0.15, -0.1) is 11.6 Å². The molecule has 0 N–H and O–H groups in total. The second kappa shape index (κ2) is 6.36. The van der Waals surface area contributed by atoms with Crippen LogP contribution in [-0.2, 0) is 19.5 Å². The van der Waals surface area contributed by atoms with Crippen LogP contribution in [-0.4, -0.2) is 18.7 Å². The fourth-order valence-corrected chi connectivity index (χ4v) is 2.78. The van der Waals surface area contributed by atoms with Gasteiger partial charge in [0.15, 0.2) is 0 Å². The summed E-state index contributed by atoms with van der Waals surface area (Å²) in [6.07, 6.45) is 1.20. The highest BCUT2D eigenvalue weighted by Gasteiger charge is 2.36. The summed E-state index contributed by atoms with van der Waals surface area (Å²) in [6, 6.07) is 1.43. The van der Waals surface area contributed by atoms with E-state index in [0.29, 0.717) is 5.76 Å². The molecule has 0 amide bonds. The van der Waals surface area contributed by atoms with Gasteiger partial charge in [-0.2, -0.15) is 0 Å². The lowest BCUT2D eigenvalue weighted by Gasteiger charge is -2.14. The van der Waals surface area contributed by atoms with Gasteiger partial charge in [0.2, 0.25) is 0 Å². The Hall–Kier alpha value is -0.610. The van der Waals surface area contributed by atoms with E-state index in [1.54, 1.807) is 13.8 Å². The first-order valence-electron chi connectivity index (χ1n) is 5.14. The van der Waals surface area contributed by atoms with E-state index in [4.69, 9.17) is 25.1 Å². The maximum Gasteiger partial charge on any atom is 0.401 e. The molecule has 0 unspecified atom stereocenters. The Kier molecular flexibility index (Phi) is 5.40. The normalized spacial score (nSPS) is 11.7. The predicted molar refractivity (Wildman–Crippen MR) is 63.5 cm³/mol. The maximum atomic E-state index is 12.1. The van der Waals surface area contributed by atoms with Gasteiger partial charge in [-0.3, -0.25) is 9.36 Å². The van der Waals surface area contributed by atoms with Crippen LogP contribution in [0.25, 0.3) is 0 Å². The molecule has 0 aliphatic carbocycles. The van der Waals surface area contributed by atoms with Crippen LogP contribution in [0.15, 0.2) is 16.7 Å². The number of furan rings is 1. The summed E-state index contributed by atoms with van der Waals surface area (Å²) in [5.41, 5.74) is -0.563. The van der Waals surface area contributed by atoms with Gasteiger partial charge in [0.25, 0.3) is 5.52 Å². The molecule has 0 aliphatic heterocycles. The quantitative estimate of drug-likeness (QED) is 0.565. The van der Waals surface area contributed by atoms with E-state index < -0.39 is 13.1 Å². The molecular formula is C10H14ClO5P. The number of halogens is 1. The van der Waals surface area contributed by atoms with Crippen molar-refractivity contribution in [2.45, 2.75) is 19.7 Å². The molecule has 0 aromatic carbocycles. The zero-order valence-corrected chi connectivity index (χ0v) is 11.3. The van der Waals surface area contributed by atoms with Crippen LogP contribution in [0.4, 0.5) is 0 Å². The molecule has 0 bridgehead atoms. The van der Waals surface area contributed by atoms with Crippen molar-refractivity contribution >= 4 is 24.7 Å². The monoisotopic (exact) mass is 280 g/mol. The Morgan fingerprint density at radius 1 is 1.41 bits per heavy atom. The number of alkyl halides is 1. The molecule has 1 aromatic heterocycles. The maximum absolute atomic E-state index is 12.1. The van der Waals surface area contributed by atoms with Crippen molar-refractivity contribution in [3.63, 3.8) is 0 Å². The average molecular weight is 281 g/mol. The molecule has 1 heterocycles. The first kappa shape index (κ1) is 14.5. The van der Waals surface area contributed by atoms with E-state index in [1.807, 2.05) is 0 Å². The van der Waals surface area contributed by atoms with Crippen molar-refractivity contribution in [2.24, 2.45) is 0 Å². The number of carbonyl (C=O) groups excluding carboxylic acids is 1. The molecule has 5 nitrogen and oxygen atoms in total. The molecule has 0 aliphatic rings. The molecule has 1 aromatic rings. The van der Waals surface area contributed by atoms with E-state index in [-0.39, 0.29) is 24.7 Å². The highest BCUT2D eigenvalue weighted by Crippen LogP contribution is 2.51. The third kappa shape index (κ3) is 3.42. The second-order valence-electron chi connectivity index (χ2n) is 3.07. The van der Waals surface area contributed by atoms with Crippen LogP contribution in [0.5, 0.6) is 0 Å². The molecule has 96 valence electrons. The van der Waals surface area contributed by atoms with Gasteiger partial charge in [-0.05, 0) is 19.9 Å². The first-order chi connectivity index (χ1) is 8.07. The third-order valence-electron chi connectivity index (χ3n) is 1.88. The fraction of sp³-hybridized carbons (Fsp3) is 0.500. The zero-order chi connectivity index (χ0) is 12.9. The van der Waals surface area contributed by atoms with Crippen molar-refractivity contribution in [1.82, 2.24) is 0 Å². The molecule has 0 spiro atoms. The lowest BCUT2D eigenvalue weighted by Crippen LogP contribution is -2.06. The summed E-state index contributed by atoms with van der Waals surface area (Å²) >= 11 is 5.54. The standard InChI is InChI=1S/C10H14ClO5P/c1-3-15-17(13,16-4-2)10(12)8-5-9(6-11)14-7-8/h5,7H,3-4,6H2,1-2H3. The van der Waals surface area contributed by atoms with E-state index in [9.17, 15) is 9.36 Å². The van der Waals surface area contributed by atoms with Crippen molar-refractivity contribution in [1.29, 1.82) is 0 Å². The summed E-state index contributed by atoms with van der Waals surface area (Å²) < 4.78 is 27.0. The van der Waals surface area contributed by atoms with Crippen LogP contribution in [0.2, 0.25) is 0 Å². The van der Waals surface area contributed by atoms with Crippen molar-refractivity contribution < 1.29 is 22.8 Å². The fourth-order valence-electron chi connectivity index (χ4n) is 1.22. The number of rotatable bonds is 7. The zero-order valence-electron chi connectivity index (χ0n) is 9.64. The van der Waals surface area contributed by atoms with E-state index in [1.165, 1.54) is 12.3 Å². The van der Waals surface area contributed by atoms with Crippen molar-refractivity contribution in [3.05, 3.63) is 23.7 Å². The van der Waals surface area contributed by atoms with Gasteiger partial charge >= 0.3 is 7.60 Å². The molecule has 17 heavy (non-hydrogen) atoms. The topological polar surface area (TPSA) is 65.7 Å². The van der Waals surface area contributed by atoms with E-state index in [0.717, 1.165) is 0 Å². The highest BCUT2D eigenvalue weighted by atomic mass is 35.5. The first-order valence-corrected chi connectivity index (χ1v) is 7.22. The van der Waals surface area contributed by atoms with Crippen LogP contribution in [0.1, 0.15) is 30.0 Å². The molecule has 0 fully saturated rings. The van der Waals surface area contributed by atoms with Crippen LogP contribution in [0, 0.1) is 0 Å². The molecular weight excluding hydrogens is 267 g/mol. The number of hydrogen-bond acceptors (Lipinski definition) is 5. The largest absolute Gasteiger partial charge is 0.467 e.